The van der Waals surface area contributed by atoms with E-state index in [1.165, 1.54) is 26.9 Å². The van der Waals surface area contributed by atoms with E-state index in [1.54, 1.807) is 0 Å². The lowest BCUT2D eigenvalue weighted by Gasteiger charge is -2.30. The van der Waals surface area contributed by atoms with Gasteiger partial charge in [0.15, 0.2) is 11.7 Å². The van der Waals surface area contributed by atoms with E-state index in [2.05, 4.69) is 13.8 Å². The highest BCUT2D eigenvalue weighted by atomic mass is 19.2. The molecular formula is C24H42F2O3. The number of ether oxygens (including phenoxy) is 3. The second-order valence-corrected chi connectivity index (χ2v) is 8.48. The molecule has 29 heavy (non-hydrogen) atoms. The van der Waals surface area contributed by atoms with Gasteiger partial charge in [-0.15, -0.1) is 0 Å². The van der Waals surface area contributed by atoms with E-state index in [-0.39, 0.29) is 17.8 Å². The minimum absolute atomic E-state index is 0.0183. The van der Waals surface area contributed by atoms with Crippen molar-refractivity contribution >= 4 is 0 Å². The summed E-state index contributed by atoms with van der Waals surface area (Å²) in [5.41, 5.74) is 0.519. The summed E-state index contributed by atoms with van der Waals surface area (Å²) in [4.78, 5) is 0. The zero-order valence-corrected chi connectivity index (χ0v) is 19.4. The Morgan fingerprint density at radius 3 is 2.38 bits per heavy atom. The van der Waals surface area contributed by atoms with Crippen LogP contribution in [0.4, 0.5) is 8.78 Å². The van der Waals surface area contributed by atoms with Gasteiger partial charge in [-0.3, -0.25) is 0 Å². The van der Waals surface area contributed by atoms with Crippen LogP contribution in [0, 0.1) is 11.8 Å². The van der Waals surface area contributed by atoms with E-state index < -0.39 is 11.7 Å². The van der Waals surface area contributed by atoms with Gasteiger partial charge < -0.3 is 14.2 Å². The Hall–Kier alpha value is -0.940. The Bertz CT molecular complexity index is 522. The van der Waals surface area contributed by atoms with Crippen LogP contribution in [-0.4, -0.2) is 32.5 Å². The second kappa shape index (κ2) is 14.1. The first kappa shape index (κ1) is 26.1. The summed E-state index contributed by atoms with van der Waals surface area (Å²) in [6.07, 6.45) is 8.54. The van der Waals surface area contributed by atoms with E-state index in [9.17, 15) is 8.78 Å². The third kappa shape index (κ3) is 9.17. The molecule has 1 fully saturated rings. The minimum atomic E-state index is -0.887. The van der Waals surface area contributed by atoms with Crippen LogP contribution in [0.25, 0.3) is 0 Å². The van der Waals surface area contributed by atoms with Gasteiger partial charge in [-0.25, -0.2) is 8.78 Å². The maximum atomic E-state index is 14.5. The molecule has 5 heteroatoms. The standard InChI is InChI=1S/C24H42F2O3/c1-7-9-10-20-13-14-21(16-29-20)28-15-17(3)11-12-18(4)22(8-2)24(26)23(25)19(5)27-6/h17-18,20-21H,7-16H2,1-6H3/b23-19-,24-22-. The third-order valence-electron chi connectivity index (χ3n) is 5.98. The molecule has 0 N–H and O–H groups in total. The molecular weight excluding hydrogens is 374 g/mol. The highest BCUT2D eigenvalue weighted by molar-refractivity contribution is 5.28. The molecule has 0 aromatic heterocycles. The van der Waals surface area contributed by atoms with Crippen molar-refractivity contribution in [1.82, 2.24) is 0 Å². The first-order chi connectivity index (χ1) is 13.8. The molecule has 0 aliphatic carbocycles. The number of halogens is 2. The fourth-order valence-corrected chi connectivity index (χ4v) is 3.77. The number of rotatable bonds is 13. The highest BCUT2D eigenvalue weighted by Crippen LogP contribution is 2.31. The lowest BCUT2D eigenvalue weighted by molar-refractivity contribution is -0.0936. The summed E-state index contributed by atoms with van der Waals surface area (Å²) in [6, 6.07) is 0. The monoisotopic (exact) mass is 416 g/mol. The lowest BCUT2D eigenvalue weighted by Crippen LogP contribution is -2.32. The second-order valence-electron chi connectivity index (χ2n) is 8.48. The van der Waals surface area contributed by atoms with E-state index in [1.807, 2.05) is 13.8 Å². The van der Waals surface area contributed by atoms with Crippen molar-refractivity contribution < 1.29 is 23.0 Å². The molecule has 1 rings (SSSR count). The average molecular weight is 417 g/mol. The van der Waals surface area contributed by atoms with Gasteiger partial charge in [-0.2, -0.15) is 0 Å². The zero-order chi connectivity index (χ0) is 21.8. The van der Waals surface area contributed by atoms with Crippen LogP contribution in [0.5, 0.6) is 0 Å². The van der Waals surface area contributed by atoms with Crippen LogP contribution in [0.2, 0.25) is 0 Å². The Balaban J connectivity index is 2.41. The van der Waals surface area contributed by atoms with Crippen molar-refractivity contribution in [2.24, 2.45) is 11.8 Å². The maximum Gasteiger partial charge on any atom is 0.195 e. The highest BCUT2D eigenvalue weighted by Gasteiger charge is 2.23. The number of hydrogen-bond donors (Lipinski definition) is 0. The number of methoxy groups -OCH3 is 1. The predicted molar refractivity (Wildman–Crippen MR) is 115 cm³/mol. The molecule has 0 radical (unpaired) electrons. The van der Waals surface area contributed by atoms with Crippen LogP contribution in [0.3, 0.4) is 0 Å². The third-order valence-corrected chi connectivity index (χ3v) is 5.98. The molecule has 0 aromatic carbocycles. The molecule has 3 nitrogen and oxygen atoms in total. The van der Waals surface area contributed by atoms with Gasteiger partial charge in [0.05, 0.1) is 25.9 Å². The van der Waals surface area contributed by atoms with Crippen LogP contribution in [-0.2, 0) is 14.2 Å². The quantitative estimate of drug-likeness (QED) is 0.233. The summed E-state index contributed by atoms with van der Waals surface area (Å²) in [6.45, 7) is 11.0. The Morgan fingerprint density at radius 2 is 1.83 bits per heavy atom. The smallest absolute Gasteiger partial charge is 0.195 e. The molecule has 4 atom stereocenters. The van der Waals surface area contributed by atoms with E-state index >= 15 is 0 Å². The fraction of sp³-hybridized carbons (Fsp3) is 0.833. The Morgan fingerprint density at radius 1 is 1.10 bits per heavy atom. The predicted octanol–water partition coefficient (Wildman–Crippen LogP) is 7.27. The van der Waals surface area contributed by atoms with Crippen molar-refractivity contribution in [3.8, 4) is 0 Å². The van der Waals surface area contributed by atoms with Gasteiger partial charge >= 0.3 is 0 Å². The molecule has 1 aliphatic rings. The molecule has 1 heterocycles. The Labute approximate surface area is 176 Å². The molecule has 0 saturated carbocycles. The molecule has 0 bridgehead atoms. The van der Waals surface area contributed by atoms with Crippen molar-refractivity contribution in [3.05, 3.63) is 23.0 Å². The van der Waals surface area contributed by atoms with Crippen LogP contribution in [0.15, 0.2) is 23.0 Å². The van der Waals surface area contributed by atoms with Crippen molar-refractivity contribution in [2.45, 2.75) is 98.2 Å². The average Bonchev–Trinajstić information content (AvgIpc) is 2.74. The van der Waals surface area contributed by atoms with Crippen LogP contribution in [0.1, 0.15) is 86.0 Å². The molecule has 0 aromatic rings. The SMILES string of the molecule is CCCCC1CCC(OCC(C)CCC(C)/C(CC)=C(F)/C(F)=C(\C)OC)CO1. The van der Waals surface area contributed by atoms with E-state index in [0.29, 0.717) is 37.2 Å². The van der Waals surface area contributed by atoms with E-state index in [0.717, 1.165) is 32.1 Å². The molecule has 170 valence electrons. The summed E-state index contributed by atoms with van der Waals surface area (Å²) in [5, 5.41) is 0. The van der Waals surface area contributed by atoms with Gasteiger partial charge in [-0.05, 0) is 62.9 Å². The van der Waals surface area contributed by atoms with Gasteiger partial charge in [0.25, 0.3) is 0 Å². The van der Waals surface area contributed by atoms with Crippen molar-refractivity contribution in [1.29, 1.82) is 0 Å². The molecule has 1 saturated heterocycles. The minimum Gasteiger partial charge on any atom is -0.498 e. The molecule has 0 amide bonds. The lowest BCUT2D eigenvalue weighted by atomic mass is 9.90. The first-order valence-corrected chi connectivity index (χ1v) is 11.4. The topological polar surface area (TPSA) is 27.7 Å². The molecule has 1 aliphatic heterocycles. The molecule has 4 unspecified atom stereocenters. The van der Waals surface area contributed by atoms with Crippen molar-refractivity contribution in [3.63, 3.8) is 0 Å². The van der Waals surface area contributed by atoms with Gasteiger partial charge in [0.1, 0.15) is 5.76 Å². The summed E-state index contributed by atoms with van der Waals surface area (Å²) in [5.74, 6) is -1.32. The van der Waals surface area contributed by atoms with Gasteiger partial charge in [0.2, 0.25) is 0 Å². The number of unbranched alkanes of at least 4 members (excludes halogenated alkanes) is 1. The van der Waals surface area contributed by atoms with Crippen molar-refractivity contribution in [2.75, 3.05) is 20.3 Å². The normalized spacial score (nSPS) is 23.9. The van der Waals surface area contributed by atoms with Crippen LogP contribution < -0.4 is 0 Å². The summed E-state index contributed by atoms with van der Waals surface area (Å²) >= 11 is 0. The first-order valence-electron chi connectivity index (χ1n) is 11.4. The molecule has 0 spiro atoms. The summed E-state index contributed by atoms with van der Waals surface area (Å²) < 4.78 is 45.4. The van der Waals surface area contributed by atoms with Crippen LogP contribution >= 0.6 is 0 Å². The Kier molecular flexibility index (Phi) is 12.7. The zero-order valence-electron chi connectivity index (χ0n) is 19.4. The number of allylic oxidation sites excluding steroid dienone is 4. The number of hydrogen-bond acceptors (Lipinski definition) is 3. The van der Waals surface area contributed by atoms with Gasteiger partial charge in [0, 0.05) is 6.61 Å². The largest absolute Gasteiger partial charge is 0.498 e. The fourth-order valence-electron chi connectivity index (χ4n) is 3.77. The maximum absolute atomic E-state index is 14.5. The summed E-state index contributed by atoms with van der Waals surface area (Å²) in [7, 11) is 1.35. The van der Waals surface area contributed by atoms with E-state index in [4.69, 9.17) is 14.2 Å². The van der Waals surface area contributed by atoms with Gasteiger partial charge in [-0.1, -0.05) is 40.5 Å².